The minimum Gasteiger partial charge on any atom is -0.366 e. The fraction of sp³-hybridized carbons (Fsp3) is 0. The number of sulfonamides is 1. The van der Waals surface area contributed by atoms with E-state index in [0.29, 0.717) is 11.4 Å². The lowest BCUT2D eigenvalue weighted by Gasteiger charge is -2.10. The molecule has 0 aliphatic heterocycles. The molecule has 0 atom stereocenters. The molecule has 142 valence electrons. The topological polar surface area (TPSA) is 131 Å². The number of nitrogens with zero attached hydrogens (tertiary/aromatic N) is 1. The summed E-state index contributed by atoms with van der Waals surface area (Å²) >= 11 is 0. The summed E-state index contributed by atoms with van der Waals surface area (Å²) in [5, 5.41) is 2.61. The number of carbonyl (C=O) groups is 2. The summed E-state index contributed by atoms with van der Waals surface area (Å²) in [5.74, 6) is -1.15. The SMILES string of the molecule is NC(=O)c1cccc(NC(=O)c2cccc(S(=O)(=O)Nc3cccnc3)c2)c1. The molecule has 3 aromatic rings. The number of nitrogens with two attached hydrogens (primary N) is 1. The maximum Gasteiger partial charge on any atom is 0.261 e. The van der Waals surface area contributed by atoms with Gasteiger partial charge in [-0.1, -0.05) is 12.1 Å². The van der Waals surface area contributed by atoms with E-state index in [0.717, 1.165) is 0 Å². The van der Waals surface area contributed by atoms with Crippen molar-refractivity contribution in [1.29, 1.82) is 0 Å². The minimum atomic E-state index is -3.89. The predicted molar refractivity (Wildman–Crippen MR) is 104 cm³/mol. The van der Waals surface area contributed by atoms with Crippen molar-refractivity contribution in [3.8, 4) is 0 Å². The minimum absolute atomic E-state index is 0.0742. The zero-order chi connectivity index (χ0) is 20.1. The van der Waals surface area contributed by atoms with Crippen LogP contribution in [0.2, 0.25) is 0 Å². The number of anilines is 2. The van der Waals surface area contributed by atoms with Crippen LogP contribution in [0.25, 0.3) is 0 Å². The van der Waals surface area contributed by atoms with Crippen molar-refractivity contribution in [2.24, 2.45) is 5.73 Å². The van der Waals surface area contributed by atoms with Gasteiger partial charge in [0.2, 0.25) is 5.91 Å². The number of amides is 2. The highest BCUT2D eigenvalue weighted by molar-refractivity contribution is 7.92. The molecule has 0 radical (unpaired) electrons. The maximum atomic E-state index is 12.5. The van der Waals surface area contributed by atoms with Crippen LogP contribution < -0.4 is 15.8 Å². The van der Waals surface area contributed by atoms with E-state index in [1.54, 1.807) is 24.3 Å². The van der Waals surface area contributed by atoms with Crippen molar-refractivity contribution in [1.82, 2.24) is 4.98 Å². The molecule has 0 unspecified atom stereocenters. The second kappa shape index (κ2) is 7.89. The first kappa shape index (κ1) is 19.1. The summed E-state index contributed by atoms with van der Waals surface area (Å²) in [6.45, 7) is 0. The Morgan fingerprint density at radius 1 is 0.893 bits per heavy atom. The molecular weight excluding hydrogens is 380 g/mol. The number of primary amides is 1. The van der Waals surface area contributed by atoms with Crippen molar-refractivity contribution in [2.45, 2.75) is 4.90 Å². The average Bonchev–Trinajstić information content (AvgIpc) is 2.68. The van der Waals surface area contributed by atoms with Crippen LogP contribution >= 0.6 is 0 Å². The van der Waals surface area contributed by atoms with Crippen molar-refractivity contribution in [2.75, 3.05) is 10.0 Å². The number of aromatic nitrogens is 1. The third kappa shape index (κ3) is 4.51. The molecule has 0 spiro atoms. The third-order valence-corrected chi connectivity index (χ3v) is 5.10. The first-order valence-corrected chi connectivity index (χ1v) is 9.57. The van der Waals surface area contributed by atoms with Crippen LogP contribution in [0.4, 0.5) is 11.4 Å². The van der Waals surface area contributed by atoms with Gasteiger partial charge in [0.25, 0.3) is 15.9 Å². The van der Waals surface area contributed by atoms with Crippen LogP contribution in [0.1, 0.15) is 20.7 Å². The van der Waals surface area contributed by atoms with Gasteiger partial charge in [-0.15, -0.1) is 0 Å². The van der Waals surface area contributed by atoms with Crippen LogP contribution in [0.5, 0.6) is 0 Å². The maximum absolute atomic E-state index is 12.5. The molecule has 0 fully saturated rings. The Balaban J connectivity index is 1.81. The lowest BCUT2D eigenvalue weighted by Crippen LogP contribution is -2.16. The van der Waals surface area contributed by atoms with Gasteiger partial charge in [-0.25, -0.2) is 8.42 Å². The smallest absolute Gasteiger partial charge is 0.261 e. The van der Waals surface area contributed by atoms with Gasteiger partial charge in [-0.2, -0.15) is 0 Å². The summed E-state index contributed by atoms with van der Waals surface area (Å²) in [7, 11) is -3.89. The fourth-order valence-electron chi connectivity index (χ4n) is 2.40. The number of pyridine rings is 1. The van der Waals surface area contributed by atoms with Gasteiger partial charge in [-0.05, 0) is 48.5 Å². The average molecular weight is 396 g/mol. The van der Waals surface area contributed by atoms with Crippen LogP contribution in [0, 0.1) is 0 Å². The number of benzene rings is 2. The first-order valence-electron chi connectivity index (χ1n) is 8.09. The summed E-state index contributed by atoms with van der Waals surface area (Å²) in [4.78, 5) is 27.5. The van der Waals surface area contributed by atoms with E-state index in [2.05, 4.69) is 15.0 Å². The molecule has 0 saturated carbocycles. The van der Waals surface area contributed by atoms with E-state index >= 15 is 0 Å². The predicted octanol–water partition coefficient (Wildman–Crippen LogP) is 2.23. The Bertz CT molecular complexity index is 1130. The fourth-order valence-corrected chi connectivity index (χ4v) is 3.48. The molecule has 1 aromatic heterocycles. The normalized spacial score (nSPS) is 10.9. The van der Waals surface area contributed by atoms with Crippen molar-refractivity contribution in [3.63, 3.8) is 0 Å². The Morgan fingerprint density at radius 3 is 2.32 bits per heavy atom. The van der Waals surface area contributed by atoms with Gasteiger partial charge in [-0.3, -0.25) is 19.3 Å². The number of hydrogen-bond donors (Lipinski definition) is 3. The number of rotatable bonds is 6. The second-order valence-electron chi connectivity index (χ2n) is 5.77. The molecule has 2 aromatic carbocycles. The zero-order valence-corrected chi connectivity index (χ0v) is 15.3. The lowest BCUT2D eigenvalue weighted by molar-refractivity contribution is 0.0996. The van der Waals surface area contributed by atoms with Crippen LogP contribution in [-0.2, 0) is 10.0 Å². The van der Waals surface area contributed by atoms with Crippen molar-refractivity contribution >= 4 is 33.2 Å². The summed E-state index contributed by atoms with van der Waals surface area (Å²) < 4.78 is 27.5. The van der Waals surface area contributed by atoms with Crippen LogP contribution in [0.15, 0.2) is 78.0 Å². The Morgan fingerprint density at radius 2 is 1.61 bits per heavy atom. The highest BCUT2D eigenvalue weighted by Gasteiger charge is 2.17. The Hall–Kier alpha value is -3.72. The van der Waals surface area contributed by atoms with E-state index < -0.39 is 21.8 Å². The lowest BCUT2D eigenvalue weighted by atomic mass is 10.1. The molecule has 28 heavy (non-hydrogen) atoms. The molecule has 0 aliphatic rings. The molecule has 1 heterocycles. The van der Waals surface area contributed by atoms with Gasteiger partial charge in [0, 0.05) is 23.0 Å². The van der Waals surface area contributed by atoms with Crippen LogP contribution in [0.3, 0.4) is 0 Å². The zero-order valence-electron chi connectivity index (χ0n) is 14.5. The van der Waals surface area contributed by atoms with E-state index in [1.165, 1.54) is 48.8 Å². The van der Waals surface area contributed by atoms with Gasteiger partial charge < -0.3 is 11.1 Å². The first-order chi connectivity index (χ1) is 13.3. The molecule has 2 amide bonds. The summed E-state index contributed by atoms with van der Waals surface area (Å²) in [6.07, 6.45) is 2.90. The van der Waals surface area contributed by atoms with E-state index in [4.69, 9.17) is 5.73 Å². The number of carbonyl (C=O) groups excluding carboxylic acids is 2. The van der Waals surface area contributed by atoms with Crippen molar-refractivity contribution in [3.05, 3.63) is 84.2 Å². The molecule has 3 rings (SSSR count). The van der Waals surface area contributed by atoms with Crippen LogP contribution in [-0.4, -0.2) is 25.2 Å². The monoisotopic (exact) mass is 396 g/mol. The molecule has 9 heteroatoms. The Labute approximate surface area is 161 Å². The largest absolute Gasteiger partial charge is 0.366 e. The standard InChI is InChI=1S/C19H16N4O4S/c20-18(24)13-4-1-6-15(10-13)22-19(25)14-5-2-8-17(11-14)28(26,27)23-16-7-3-9-21-12-16/h1-12,23H,(H2,20,24)(H,22,25). The van der Waals surface area contributed by atoms with Gasteiger partial charge in [0.15, 0.2) is 0 Å². The van der Waals surface area contributed by atoms with E-state index in [-0.39, 0.29) is 16.0 Å². The highest BCUT2D eigenvalue weighted by Crippen LogP contribution is 2.18. The van der Waals surface area contributed by atoms with Crippen molar-refractivity contribution < 1.29 is 18.0 Å². The molecule has 0 saturated heterocycles. The Kier molecular flexibility index (Phi) is 5.37. The van der Waals surface area contributed by atoms with E-state index in [9.17, 15) is 18.0 Å². The summed E-state index contributed by atoms with van der Waals surface area (Å²) in [6, 6.07) is 14.9. The molecular formula is C19H16N4O4S. The number of hydrogen-bond acceptors (Lipinski definition) is 5. The van der Waals surface area contributed by atoms with Gasteiger partial charge in [0.05, 0.1) is 16.8 Å². The third-order valence-electron chi connectivity index (χ3n) is 3.73. The van der Waals surface area contributed by atoms with Gasteiger partial charge in [0.1, 0.15) is 0 Å². The molecule has 4 N–H and O–H groups in total. The van der Waals surface area contributed by atoms with Gasteiger partial charge >= 0.3 is 0 Å². The summed E-state index contributed by atoms with van der Waals surface area (Å²) in [5.41, 5.74) is 6.28. The molecule has 0 bridgehead atoms. The quantitative estimate of drug-likeness (QED) is 0.588. The molecule has 8 nitrogen and oxygen atoms in total. The highest BCUT2D eigenvalue weighted by atomic mass is 32.2. The number of nitrogens with one attached hydrogen (secondary N) is 2. The second-order valence-corrected chi connectivity index (χ2v) is 7.46. The molecule has 0 aliphatic carbocycles. The van der Waals surface area contributed by atoms with E-state index in [1.807, 2.05) is 0 Å².